The van der Waals surface area contributed by atoms with Crippen LogP contribution in [0.15, 0.2) is 42.0 Å². The summed E-state index contributed by atoms with van der Waals surface area (Å²) in [5.41, 5.74) is 1.20. The quantitative estimate of drug-likeness (QED) is 0.573. The molecule has 0 saturated heterocycles. The molecule has 7 heteroatoms. The molecule has 1 unspecified atom stereocenters. The van der Waals surface area contributed by atoms with E-state index in [4.69, 9.17) is 14.6 Å². The Morgan fingerprint density at radius 3 is 2.59 bits per heavy atom. The van der Waals surface area contributed by atoms with Crippen LogP contribution in [-0.2, 0) is 20.9 Å². The summed E-state index contributed by atoms with van der Waals surface area (Å²) in [6, 6.07) is 9.18. The van der Waals surface area contributed by atoms with Crippen molar-refractivity contribution >= 4 is 12.1 Å². The van der Waals surface area contributed by atoms with Gasteiger partial charge in [-0.3, -0.25) is 0 Å². The molecule has 0 radical (unpaired) electrons. The van der Waals surface area contributed by atoms with Crippen LogP contribution in [0, 0.1) is 5.92 Å². The molecule has 1 saturated carbocycles. The van der Waals surface area contributed by atoms with Crippen molar-refractivity contribution in [3.63, 3.8) is 0 Å². The van der Waals surface area contributed by atoms with Gasteiger partial charge in [0.15, 0.2) is 6.10 Å². The zero-order valence-electron chi connectivity index (χ0n) is 17.3. The van der Waals surface area contributed by atoms with Gasteiger partial charge in [-0.2, -0.15) is 0 Å². The normalized spacial score (nSPS) is 20.3. The fraction of sp³-hybridized carbons (Fsp3) is 0.545. The van der Waals surface area contributed by atoms with E-state index in [9.17, 15) is 14.7 Å². The van der Waals surface area contributed by atoms with Gasteiger partial charge >= 0.3 is 12.1 Å². The molecule has 1 fully saturated rings. The average molecular weight is 405 g/mol. The highest BCUT2D eigenvalue weighted by Crippen LogP contribution is 2.34. The summed E-state index contributed by atoms with van der Waals surface area (Å²) in [5.74, 6) is -1.69. The third kappa shape index (κ3) is 7.87. The number of alkyl carbamates (subject to hydrolysis) is 1. The van der Waals surface area contributed by atoms with Crippen LogP contribution in [0.25, 0.3) is 0 Å². The third-order valence-electron chi connectivity index (χ3n) is 4.62. The van der Waals surface area contributed by atoms with Gasteiger partial charge in [0.2, 0.25) is 0 Å². The van der Waals surface area contributed by atoms with Crippen molar-refractivity contribution < 1.29 is 29.3 Å². The van der Waals surface area contributed by atoms with Gasteiger partial charge in [0, 0.05) is 5.92 Å². The van der Waals surface area contributed by atoms with Crippen molar-refractivity contribution in [3.05, 3.63) is 47.5 Å². The van der Waals surface area contributed by atoms with Crippen molar-refractivity contribution in [1.29, 1.82) is 0 Å². The van der Waals surface area contributed by atoms with E-state index >= 15 is 0 Å². The van der Waals surface area contributed by atoms with Gasteiger partial charge in [0.05, 0.1) is 19.3 Å². The molecule has 1 amide bonds. The lowest BCUT2D eigenvalue weighted by molar-refractivity contribution is -0.148. The molecular weight excluding hydrogens is 374 g/mol. The van der Waals surface area contributed by atoms with Gasteiger partial charge in [-0.05, 0) is 45.6 Å². The smallest absolute Gasteiger partial charge is 0.408 e. The molecule has 1 aromatic carbocycles. The van der Waals surface area contributed by atoms with Crippen molar-refractivity contribution in [2.24, 2.45) is 5.92 Å². The topological polar surface area (TPSA) is 105 Å². The van der Waals surface area contributed by atoms with Crippen molar-refractivity contribution in [2.75, 3.05) is 6.61 Å². The first-order valence-electron chi connectivity index (χ1n) is 9.88. The van der Waals surface area contributed by atoms with Crippen molar-refractivity contribution in [1.82, 2.24) is 5.32 Å². The zero-order valence-corrected chi connectivity index (χ0v) is 17.3. The van der Waals surface area contributed by atoms with Crippen molar-refractivity contribution in [3.8, 4) is 0 Å². The maximum atomic E-state index is 12.2. The number of hydrogen-bond donors (Lipinski definition) is 3. The molecule has 160 valence electrons. The summed E-state index contributed by atoms with van der Waals surface area (Å²) in [5, 5.41) is 21.9. The second-order valence-electron chi connectivity index (χ2n) is 8.28. The van der Waals surface area contributed by atoms with Crippen LogP contribution in [0.3, 0.4) is 0 Å². The number of carbonyl (C=O) groups is 2. The van der Waals surface area contributed by atoms with Gasteiger partial charge in [-0.15, -0.1) is 0 Å². The maximum Gasteiger partial charge on any atom is 0.408 e. The summed E-state index contributed by atoms with van der Waals surface area (Å²) in [4.78, 5) is 23.4. The number of aliphatic carboxylic acids is 1. The van der Waals surface area contributed by atoms with Crippen LogP contribution in [-0.4, -0.2) is 46.6 Å². The molecule has 0 spiro atoms. The van der Waals surface area contributed by atoms with Crippen molar-refractivity contribution in [2.45, 2.75) is 64.4 Å². The SMILES string of the molecule is CC(C)(C)OC(=O)N[C@H](/C=C1\CCC[C@H]1C(O)C(=O)O)COCc1ccccc1. The minimum absolute atomic E-state index is 0.202. The Morgan fingerprint density at radius 2 is 1.97 bits per heavy atom. The minimum Gasteiger partial charge on any atom is -0.479 e. The van der Waals surface area contributed by atoms with E-state index in [2.05, 4.69) is 5.32 Å². The largest absolute Gasteiger partial charge is 0.479 e. The highest BCUT2D eigenvalue weighted by molar-refractivity contribution is 5.73. The molecule has 3 atom stereocenters. The molecule has 0 aliphatic heterocycles. The van der Waals surface area contributed by atoms with Crippen LogP contribution in [0.4, 0.5) is 4.79 Å². The van der Waals surface area contributed by atoms with Crippen LogP contribution >= 0.6 is 0 Å². The van der Waals surface area contributed by atoms with Gasteiger partial charge in [0.25, 0.3) is 0 Å². The molecule has 3 N–H and O–H groups in total. The van der Waals surface area contributed by atoms with E-state index in [1.54, 1.807) is 26.8 Å². The molecule has 1 aromatic rings. The molecule has 2 rings (SSSR count). The second-order valence-corrected chi connectivity index (χ2v) is 8.28. The minimum atomic E-state index is -1.45. The zero-order chi connectivity index (χ0) is 21.4. The number of aliphatic hydroxyl groups excluding tert-OH is 1. The summed E-state index contributed by atoms with van der Waals surface area (Å²) in [7, 11) is 0. The number of carboxylic acids is 1. The Morgan fingerprint density at radius 1 is 1.28 bits per heavy atom. The summed E-state index contributed by atoms with van der Waals surface area (Å²) >= 11 is 0. The lowest BCUT2D eigenvalue weighted by Crippen LogP contribution is -2.41. The summed E-state index contributed by atoms with van der Waals surface area (Å²) in [6.07, 6.45) is 1.86. The van der Waals surface area contributed by atoms with Gasteiger partial charge < -0.3 is 25.0 Å². The van der Waals surface area contributed by atoms with Crippen LogP contribution in [0.1, 0.15) is 45.6 Å². The number of carboxylic acid groups (broad SMARTS) is 1. The predicted molar refractivity (Wildman–Crippen MR) is 108 cm³/mol. The Balaban J connectivity index is 2.08. The van der Waals surface area contributed by atoms with E-state index in [1.807, 2.05) is 30.3 Å². The number of carbonyl (C=O) groups excluding carboxylic acids is 1. The standard InChI is InChI=1S/C22H31NO6/c1-22(2,3)29-21(27)23-17(14-28-13-15-8-5-4-6-9-15)12-16-10-7-11-18(16)19(24)20(25)26/h4-6,8-9,12,17-19,24H,7,10-11,13-14H2,1-3H3,(H,23,27)(H,25,26)/b16-12+/t17-,18-,19?/m1/s1. The molecular formula is C22H31NO6. The number of nitrogens with one attached hydrogen (secondary N) is 1. The monoisotopic (exact) mass is 405 g/mol. The molecule has 7 nitrogen and oxygen atoms in total. The molecule has 0 bridgehead atoms. The first-order valence-corrected chi connectivity index (χ1v) is 9.88. The van der Waals surface area contributed by atoms with Gasteiger partial charge in [0.1, 0.15) is 5.60 Å². The number of benzene rings is 1. The second kappa shape index (κ2) is 10.4. The Labute approximate surface area is 171 Å². The highest BCUT2D eigenvalue weighted by atomic mass is 16.6. The molecule has 1 aliphatic carbocycles. The first-order chi connectivity index (χ1) is 13.7. The molecule has 29 heavy (non-hydrogen) atoms. The van der Waals surface area contributed by atoms with Crippen LogP contribution in [0.5, 0.6) is 0 Å². The van der Waals surface area contributed by atoms with E-state index in [-0.39, 0.29) is 6.61 Å². The fourth-order valence-corrected chi connectivity index (χ4v) is 3.36. The Hall–Kier alpha value is -2.38. The van der Waals surface area contributed by atoms with E-state index < -0.39 is 35.7 Å². The van der Waals surface area contributed by atoms with Gasteiger partial charge in [-0.1, -0.05) is 42.0 Å². The third-order valence-corrected chi connectivity index (χ3v) is 4.62. The number of hydrogen-bond acceptors (Lipinski definition) is 5. The first kappa shape index (κ1) is 22.9. The van der Waals surface area contributed by atoms with E-state index in [0.29, 0.717) is 19.4 Å². The van der Waals surface area contributed by atoms with Crippen LogP contribution in [0.2, 0.25) is 0 Å². The Bertz CT molecular complexity index is 710. The number of aliphatic hydroxyl groups is 1. The number of ether oxygens (including phenoxy) is 2. The van der Waals surface area contributed by atoms with E-state index in [0.717, 1.165) is 17.6 Å². The number of amides is 1. The highest BCUT2D eigenvalue weighted by Gasteiger charge is 2.33. The Kier molecular flexibility index (Phi) is 8.22. The lowest BCUT2D eigenvalue weighted by Gasteiger charge is -2.23. The maximum absolute atomic E-state index is 12.2. The molecule has 0 aromatic heterocycles. The fourth-order valence-electron chi connectivity index (χ4n) is 3.36. The lowest BCUT2D eigenvalue weighted by atomic mass is 9.94. The predicted octanol–water partition coefficient (Wildman–Crippen LogP) is 3.27. The molecule has 1 aliphatic rings. The summed E-state index contributed by atoms with van der Waals surface area (Å²) < 4.78 is 11.1. The summed E-state index contributed by atoms with van der Waals surface area (Å²) in [6.45, 7) is 5.93. The molecule has 0 heterocycles. The number of rotatable bonds is 8. The average Bonchev–Trinajstić information content (AvgIpc) is 3.08. The van der Waals surface area contributed by atoms with Crippen LogP contribution < -0.4 is 5.32 Å². The van der Waals surface area contributed by atoms with Gasteiger partial charge in [-0.25, -0.2) is 9.59 Å². The van der Waals surface area contributed by atoms with E-state index in [1.165, 1.54) is 0 Å².